The van der Waals surface area contributed by atoms with Crippen molar-refractivity contribution in [2.75, 3.05) is 23.3 Å². The van der Waals surface area contributed by atoms with Crippen molar-refractivity contribution >= 4 is 29.0 Å². The first-order valence-electron chi connectivity index (χ1n) is 9.49. The maximum Gasteiger partial charge on any atom is 0.302 e. The van der Waals surface area contributed by atoms with E-state index in [2.05, 4.69) is 35.1 Å². The number of hydrogen-bond donors (Lipinski definition) is 2. The molecule has 2 N–H and O–H groups in total. The molecule has 1 aromatic carbocycles. The summed E-state index contributed by atoms with van der Waals surface area (Å²) in [5, 5.41) is 2.93. The molecule has 0 radical (unpaired) electrons. The van der Waals surface area contributed by atoms with Crippen LogP contribution in [0.2, 0.25) is 0 Å². The summed E-state index contributed by atoms with van der Waals surface area (Å²) in [6, 6.07) is 9.10. The molecule has 0 atom stereocenters. The summed E-state index contributed by atoms with van der Waals surface area (Å²) in [6.07, 6.45) is 4.04. The molecule has 1 saturated heterocycles. The largest absolute Gasteiger partial charge is 0.423 e. The lowest BCUT2D eigenvalue weighted by Gasteiger charge is -2.16. The van der Waals surface area contributed by atoms with E-state index in [1.165, 1.54) is 6.07 Å². The van der Waals surface area contributed by atoms with Gasteiger partial charge in [-0.15, -0.1) is 0 Å². The summed E-state index contributed by atoms with van der Waals surface area (Å²) in [6.45, 7) is 3.84. The minimum Gasteiger partial charge on any atom is -0.423 e. The molecule has 3 aromatic heterocycles. The number of fused-ring (bicyclic) bond motifs is 1. The third-order valence-electron chi connectivity index (χ3n) is 4.89. The monoisotopic (exact) mass is 389 g/mol. The maximum atomic E-state index is 12.2. The van der Waals surface area contributed by atoms with Crippen LogP contribution in [0.4, 0.5) is 17.9 Å². The zero-order valence-electron chi connectivity index (χ0n) is 15.8. The highest BCUT2D eigenvalue weighted by molar-refractivity contribution is 5.74. The predicted molar refractivity (Wildman–Crippen MR) is 109 cm³/mol. The standard InChI is InChI=1S/C20H19N7O2/c1-12-13(11-21-19(22-12)27-8-4-5-9-27)15-10-17(28)25-18(23-15)26-20-24-14-6-2-3-7-16(14)29-20/h2-3,6-7,10-11H,4-5,8-9H2,1H3,(H2,23,24,25,26,28). The highest BCUT2D eigenvalue weighted by Crippen LogP contribution is 2.24. The third-order valence-corrected chi connectivity index (χ3v) is 4.89. The fourth-order valence-corrected chi connectivity index (χ4v) is 3.46. The third kappa shape index (κ3) is 3.42. The van der Waals surface area contributed by atoms with Gasteiger partial charge in [0.25, 0.3) is 5.56 Å². The van der Waals surface area contributed by atoms with Crippen molar-refractivity contribution in [3.05, 3.63) is 52.6 Å². The first-order valence-corrected chi connectivity index (χ1v) is 9.49. The molecule has 0 amide bonds. The van der Waals surface area contributed by atoms with Crippen molar-refractivity contribution < 1.29 is 4.42 Å². The van der Waals surface area contributed by atoms with Crippen molar-refractivity contribution in [3.8, 4) is 11.3 Å². The molecule has 0 aliphatic carbocycles. The van der Waals surface area contributed by atoms with Gasteiger partial charge >= 0.3 is 6.01 Å². The molecule has 0 bridgehead atoms. The van der Waals surface area contributed by atoms with E-state index in [1.54, 1.807) is 6.20 Å². The SMILES string of the molecule is Cc1nc(N2CCCC2)ncc1-c1cc(=O)[nH]c(Nc2nc3ccccc3o2)n1. The first kappa shape index (κ1) is 17.4. The molecule has 9 heteroatoms. The number of nitrogens with zero attached hydrogens (tertiary/aromatic N) is 5. The van der Waals surface area contributed by atoms with Crippen molar-refractivity contribution in [3.63, 3.8) is 0 Å². The highest BCUT2D eigenvalue weighted by Gasteiger charge is 2.17. The summed E-state index contributed by atoms with van der Waals surface area (Å²) in [7, 11) is 0. The number of anilines is 3. The van der Waals surface area contributed by atoms with Crippen LogP contribution in [-0.2, 0) is 0 Å². The zero-order chi connectivity index (χ0) is 19.8. The van der Waals surface area contributed by atoms with E-state index in [-0.39, 0.29) is 17.5 Å². The fraction of sp³-hybridized carbons (Fsp3) is 0.250. The van der Waals surface area contributed by atoms with Crippen LogP contribution in [0.3, 0.4) is 0 Å². The number of aromatic nitrogens is 5. The molecule has 1 fully saturated rings. The molecule has 9 nitrogen and oxygen atoms in total. The fourth-order valence-electron chi connectivity index (χ4n) is 3.46. The lowest BCUT2D eigenvalue weighted by atomic mass is 10.2. The van der Waals surface area contributed by atoms with Crippen LogP contribution in [-0.4, -0.2) is 38.0 Å². The van der Waals surface area contributed by atoms with Gasteiger partial charge < -0.3 is 9.32 Å². The number of aromatic amines is 1. The van der Waals surface area contributed by atoms with Crippen LogP contribution in [0.15, 0.2) is 45.7 Å². The quantitative estimate of drug-likeness (QED) is 0.548. The Labute approximate surface area is 165 Å². The molecule has 0 unspecified atom stereocenters. The zero-order valence-corrected chi connectivity index (χ0v) is 15.8. The van der Waals surface area contributed by atoms with Crippen LogP contribution in [0.5, 0.6) is 0 Å². The summed E-state index contributed by atoms with van der Waals surface area (Å²) in [5.74, 6) is 0.959. The van der Waals surface area contributed by atoms with E-state index < -0.39 is 0 Å². The van der Waals surface area contributed by atoms with Crippen LogP contribution in [0.1, 0.15) is 18.5 Å². The van der Waals surface area contributed by atoms with Crippen LogP contribution >= 0.6 is 0 Å². The number of nitrogens with one attached hydrogen (secondary N) is 2. The summed E-state index contributed by atoms with van der Waals surface area (Å²) in [5.41, 5.74) is 3.03. The number of aryl methyl sites for hydroxylation is 1. The predicted octanol–water partition coefficient (Wildman–Crippen LogP) is 3.02. The van der Waals surface area contributed by atoms with Gasteiger partial charge in [-0.2, -0.15) is 4.98 Å². The van der Waals surface area contributed by atoms with Crippen molar-refractivity contribution in [2.24, 2.45) is 0 Å². The van der Waals surface area contributed by atoms with Crippen molar-refractivity contribution in [1.82, 2.24) is 24.9 Å². The number of rotatable bonds is 4. The van der Waals surface area contributed by atoms with Gasteiger partial charge in [0.05, 0.1) is 11.4 Å². The minimum absolute atomic E-state index is 0.238. The molecule has 0 spiro atoms. The molecule has 4 aromatic rings. The van der Waals surface area contributed by atoms with Gasteiger partial charge in [-0.05, 0) is 31.9 Å². The Hall–Kier alpha value is -3.75. The Morgan fingerprint density at radius 3 is 2.76 bits per heavy atom. The Morgan fingerprint density at radius 1 is 1.14 bits per heavy atom. The van der Waals surface area contributed by atoms with Crippen LogP contribution in [0, 0.1) is 6.92 Å². The van der Waals surface area contributed by atoms with E-state index >= 15 is 0 Å². The highest BCUT2D eigenvalue weighted by atomic mass is 16.4. The normalized spacial score (nSPS) is 13.9. The van der Waals surface area contributed by atoms with E-state index in [0.717, 1.165) is 43.1 Å². The second kappa shape index (κ2) is 7.01. The van der Waals surface area contributed by atoms with E-state index in [9.17, 15) is 4.79 Å². The lowest BCUT2D eigenvalue weighted by Crippen LogP contribution is -2.20. The Balaban J connectivity index is 1.46. The minimum atomic E-state index is -0.295. The van der Waals surface area contributed by atoms with Gasteiger partial charge in [0.15, 0.2) is 5.58 Å². The van der Waals surface area contributed by atoms with E-state index in [4.69, 9.17) is 4.42 Å². The molecule has 4 heterocycles. The maximum absolute atomic E-state index is 12.2. The Kier molecular flexibility index (Phi) is 4.19. The van der Waals surface area contributed by atoms with Gasteiger partial charge in [-0.25, -0.2) is 15.0 Å². The second-order valence-corrected chi connectivity index (χ2v) is 6.95. The van der Waals surface area contributed by atoms with Gasteiger partial charge in [0.2, 0.25) is 11.9 Å². The molecular weight excluding hydrogens is 370 g/mol. The number of oxazole rings is 1. The second-order valence-electron chi connectivity index (χ2n) is 6.95. The molecule has 29 heavy (non-hydrogen) atoms. The smallest absolute Gasteiger partial charge is 0.302 e. The summed E-state index contributed by atoms with van der Waals surface area (Å²) >= 11 is 0. The molecular formula is C20H19N7O2. The lowest BCUT2D eigenvalue weighted by molar-refractivity contribution is 0.621. The topological polar surface area (TPSA) is 113 Å². The van der Waals surface area contributed by atoms with Gasteiger partial charge in [0, 0.05) is 30.9 Å². The van der Waals surface area contributed by atoms with Gasteiger partial charge in [-0.1, -0.05) is 12.1 Å². The van der Waals surface area contributed by atoms with Crippen LogP contribution < -0.4 is 15.8 Å². The van der Waals surface area contributed by atoms with Crippen molar-refractivity contribution in [2.45, 2.75) is 19.8 Å². The van der Waals surface area contributed by atoms with Gasteiger partial charge in [-0.3, -0.25) is 15.1 Å². The number of hydrogen-bond acceptors (Lipinski definition) is 8. The number of para-hydroxylation sites is 2. The molecule has 146 valence electrons. The first-order chi connectivity index (χ1) is 14.2. The summed E-state index contributed by atoms with van der Waals surface area (Å²) in [4.78, 5) is 35.0. The average molecular weight is 389 g/mol. The van der Waals surface area contributed by atoms with Crippen molar-refractivity contribution in [1.29, 1.82) is 0 Å². The average Bonchev–Trinajstić information content (AvgIpc) is 3.37. The number of H-pyrrole nitrogens is 1. The molecule has 1 aliphatic rings. The molecule has 0 saturated carbocycles. The molecule has 5 rings (SSSR count). The summed E-state index contributed by atoms with van der Waals surface area (Å²) < 4.78 is 5.64. The Morgan fingerprint density at radius 2 is 1.97 bits per heavy atom. The van der Waals surface area contributed by atoms with Crippen LogP contribution in [0.25, 0.3) is 22.4 Å². The van der Waals surface area contributed by atoms with E-state index in [0.29, 0.717) is 16.8 Å². The van der Waals surface area contributed by atoms with Gasteiger partial charge in [0.1, 0.15) is 5.52 Å². The molecule has 1 aliphatic heterocycles. The number of benzene rings is 1. The van der Waals surface area contributed by atoms with E-state index in [1.807, 2.05) is 31.2 Å². The Bertz CT molecular complexity index is 1210.